The summed E-state index contributed by atoms with van der Waals surface area (Å²) >= 11 is 0. The Kier molecular flexibility index (Phi) is 4.36. The molecule has 8 heteroatoms. The summed E-state index contributed by atoms with van der Waals surface area (Å²) in [5.74, 6) is -0.275. The summed E-state index contributed by atoms with van der Waals surface area (Å²) in [7, 11) is -3.74. The molecule has 25 heavy (non-hydrogen) atoms. The van der Waals surface area contributed by atoms with Gasteiger partial charge in [-0.2, -0.15) is 0 Å². The highest BCUT2D eigenvalue weighted by Gasteiger charge is 2.46. The molecule has 1 aromatic carbocycles. The minimum absolute atomic E-state index is 0.0328. The largest absolute Gasteiger partial charge is 0.332 e. The van der Waals surface area contributed by atoms with E-state index in [9.17, 15) is 18.0 Å². The number of hydrogen-bond acceptors (Lipinski definition) is 4. The molecule has 1 atom stereocenters. The van der Waals surface area contributed by atoms with Crippen LogP contribution in [-0.4, -0.2) is 43.4 Å². The van der Waals surface area contributed by atoms with Crippen LogP contribution in [0.4, 0.5) is 10.5 Å². The summed E-state index contributed by atoms with van der Waals surface area (Å²) in [6, 6.07) is 5.18. The maximum Gasteiger partial charge on any atom is 0.332 e. The average Bonchev–Trinajstić information content (AvgIpc) is 2.77. The van der Waals surface area contributed by atoms with E-state index in [1.54, 1.807) is 37.8 Å². The second-order valence-corrected chi connectivity index (χ2v) is 9.20. The van der Waals surface area contributed by atoms with Gasteiger partial charge >= 0.3 is 6.03 Å². The summed E-state index contributed by atoms with van der Waals surface area (Å²) in [5, 5.41) is 0. The molecule has 2 fully saturated rings. The van der Waals surface area contributed by atoms with E-state index in [0.717, 1.165) is 17.7 Å². The molecule has 2 saturated heterocycles. The van der Waals surface area contributed by atoms with Gasteiger partial charge in [0.25, 0.3) is 5.91 Å². The lowest BCUT2D eigenvalue weighted by Crippen LogP contribution is -2.40. The van der Waals surface area contributed by atoms with Crippen molar-refractivity contribution in [2.75, 3.05) is 11.4 Å². The van der Waals surface area contributed by atoms with Gasteiger partial charge in [0.05, 0.1) is 10.6 Å². The molecule has 7 nitrogen and oxygen atoms in total. The third-order valence-corrected chi connectivity index (χ3v) is 6.03. The van der Waals surface area contributed by atoms with Crippen LogP contribution in [0.15, 0.2) is 29.2 Å². The van der Waals surface area contributed by atoms with Crippen LogP contribution in [0.1, 0.15) is 40.0 Å². The topological polar surface area (TPSA) is 86.8 Å². The average molecular weight is 365 g/mol. The molecule has 0 bridgehead atoms. The van der Waals surface area contributed by atoms with Gasteiger partial charge in [0.1, 0.15) is 6.04 Å². The van der Waals surface area contributed by atoms with Crippen molar-refractivity contribution in [2.45, 2.75) is 56.5 Å². The molecule has 1 aromatic rings. The minimum atomic E-state index is -3.74. The second kappa shape index (κ2) is 6.10. The maximum absolute atomic E-state index is 12.6. The highest BCUT2D eigenvalue weighted by molar-refractivity contribution is 7.89. The quantitative estimate of drug-likeness (QED) is 0.831. The molecule has 0 aromatic heterocycles. The third-order valence-electron chi connectivity index (χ3n) is 4.27. The van der Waals surface area contributed by atoms with Gasteiger partial charge in [-0.3, -0.25) is 4.79 Å². The SMILES string of the molecule is CC(C)(C)NS(=O)(=O)c1cccc(N2C(=O)[C@@H]3CCCCN3C2=O)c1. The molecule has 1 N–H and O–H groups in total. The van der Waals surface area contributed by atoms with Crippen LogP contribution in [0.25, 0.3) is 0 Å². The standard InChI is InChI=1S/C17H23N3O4S/c1-17(2,3)18-25(23,24)13-8-6-7-12(11-13)20-15(21)14-9-4-5-10-19(14)16(20)22/h6-8,11,14,18H,4-5,9-10H2,1-3H3/t14-/m0/s1. The zero-order chi connectivity index (χ0) is 18.4. The monoisotopic (exact) mass is 365 g/mol. The fraction of sp³-hybridized carbons (Fsp3) is 0.529. The van der Waals surface area contributed by atoms with Gasteiger partial charge in [-0.15, -0.1) is 0 Å². The highest BCUT2D eigenvalue weighted by Crippen LogP contribution is 2.31. The number of imide groups is 1. The van der Waals surface area contributed by atoms with Crippen molar-refractivity contribution in [3.8, 4) is 0 Å². The maximum atomic E-state index is 12.6. The van der Waals surface area contributed by atoms with E-state index in [4.69, 9.17) is 0 Å². The van der Waals surface area contributed by atoms with Crippen molar-refractivity contribution in [3.05, 3.63) is 24.3 Å². The smallest absolute Gasteiger partial charge is 0.312 e. The van der Waals surface area contributed by atoms with Crippen molar-refractivity contribution in [1.29, 1.82) is 0 Å². The van der Waals surface area contributed by atoms with E-state index in [0.29, 0.717) is 18.7 Å². The highest BCUT2D eigenvalue weighted by atomic mass is 32.2. The first-order valence-corrected chi connectivity index (χ1v) is 9.87. The van der Waals surface area contributed by atoms with Crippen LogP contribution in [0, 0.1) is 0 Å². The van der Waals surface area contributed by atoms with Crippen LogP contribution in [0.2, 0.25) is 0 Å². The zero-order valence-corrected chi connectivity index (χ0v) is 15.5. The number of hydrogen-bond donors (Lipinski definition) is 1. The Hall–Kier alpha value is -1.93. The van der Waals surface area contributed by atoms with Gasteiger partial charge < -0.3 is 4.90 Å². The number of urea groups is 1. The van der Waals surface area contributed by atoms with E-state index in [-0.39, 0.29) is 16.8 Å². The fourth-order valence-corrected chi connectivity index (χ4v) is 4.74. The van der Waals surface area contributed by atoms with E-state index >= 15 is 0 Å². The number of piperidine rings is 1. The normalized spacial score (nSPS) is 21.6. The lowest BCUT2D eigenvalue weighted by Gasteiger charge is -2.26. The van der Waals surface area contributed by atoms with Crippen LogP contribution in [0.3, 0.4) is 0 Å². The molecule has 2 aliphatic heterocycles. The molecule has 0 aliphatic carbocycles. The molecule has 0 spiro atoms. The van der Waals surface area contributed by atoms with Crippen LogP contribution >= 0.6 is 0 Å². The van der Waals surface area contributed by atoms with Crippen molar-refractivity contribution in [2.24, 2.45) is 0 Å². The van der Waals surface area contributed by atoms with Crippen LogP contribution in [0.5, 0.6) is 0 Å². The number of rotatable bonds is 3. The van der Waals surface area contributed by atoms with Crippen molar-refractivity contribution in [1.82, 2.24) is 9.62 Å². The number of carbonyl (C=O) groups excluding carboxylic acids is 2. The minimum Gasteiger partial charge on any atom is -0.312 e. The Labute approximate surface area is 148 Å². The summed E-state index contributed by atoms with van der Waals surface area (Å²) in [6.07, 6.45) is 2.45. The number of fused-ring (bicyclic) bond motifs is 1. The Morgan fingerprint density at radius 2 is 1.88 bits per heavy atom. The number of anilines is 1. The van der Waals surface area contributed by atoms with Crippen molar-refractivity contribution >= 4 is 27.6 Å². The molecule has 0 unspecified atom stereocenters. The Morgan fingerprint density at radius 1 is 1.16 bits per heavy atom. The van der Waals surface area contributed by atoms with Crippen LogP contribution in [-0.2, 0) is 14.8 Å². The van der Waals surface area contributed by atoms with Gasteiger partial charge in [-0.25, -0.2) is 22.8 Å². The lowest BCUT2D eigenvalue weighted by atomic mass is 10.0. The third kappa shape index (κ3) is 3.41. The summed E-state index contributed by atoms with van der Waals surface area (Å²) < 4.78 is 27.6. The number of benzene rings is 1. The summed E-state index contributed by atoms with van der Waals surface area (Å²) in [6.45, 7) is 5.81. The van der Waals surface area contributed by atoms with Gasteiger partial charge in [0.2, 0.25) is 10.0 Å². The molecule has 3 rings (SSSR count). The molecule has 3 amide bonds. The predicted molar refractivity (Wildman–Crippen MR) is 93.7 cm³/mol. The van der Waals surface area contributed by atoms with E-state index in [1.807, 2.05) is 0 Å². The summed E-state index contributed by atoms with van der Waals surface area (Å²) in [4.78, 5) is 28.0. The van der Waals surface area contributed by atoms with Gasteiger partial charge in [-0.05, 0) is 58.2 Å². The van der Waals surface area contributed by atoms with Crippen molar-refractivity contribution in [3.63, 3.8) is 0 Å². The zero-order valence-electron chi connectivity index (χ0n) is 14.7. The number of amides is 3. The Bertz CT molecular complexity index is 789. The van der Waals surface area contributed by atoms with E-state index in [1.165, 1.54) is 12.1 Å². The van der Waals surface area contributed by atoms with Gasteiger partial charge in [0, 0.05) is 12.1 Å². The molecule has 2 heterocycles. The molecule has 136 valence electrons. The summed E-state index contributed by atoms with van der Waals surface area (Å²) in [5.41, 5.74) is -0.337. The molecule has 2 aliphatic rings. The molecule has 0 radical (unpaired) electrons. The number of nitrogens with one attached hydrogen (secondary N) is 1. The lowest BCUT2D eigenvalue weighted by molar-refractivity contribution is -0.120. The second-order valence-electron chi connectivity index (χ2n) is 7.51. The predicted octanol–water partition coefficient (Wildman–Crippen LogP) is 2.08. The Balaban J connectivity index is 1.94. The first kappa shape index (κ1) is 17.9. The fourth-order valence-electron chi connectivity index (χ4n) is 3.28. The first-order valence-electron chi connectivity index (χ1n) is 8.39. The van der Waals surface area contributed by atoms with Gasteiger partial charge in [-0.1, -0.05) is 6.07 Å². The number of nitrogens with zero attached hydrogens (tertiary/aromatic N) is 2. The first-order chi connectivity index (χ1) is 11.6. The number of carbonyl (C=O) groups is 2. The van der Waals surface area contributed by atoms with Gasteiger partial charge in [0.15, 0.2) is 0 Å². The molecular formula is C17H23N3O4S. The number of sulfonamides is 1. The Morgan fingerprint density at radius 3 is 2.52 bits per heavy atom. The molecular weight excluding hydrogens is 342 g/mol. The van der Waals surface area contributed by atoms with E-state index in [2.05, 4.69) is 4.72 Å². The molecule has 0 saturated carbocycles. The van der Waals surface area contributed by atoms with E-state index < -0.39 is 21.6 Å². The van der Waals surface area contributed by atoms with Crippen LogP contribution < -0.4 is 9.62 Å². The van der Waals surface area contributed by atoms with Crippen molar-refractivity contribution < 1.29 is 18.0 Å².